The van der Waals surface area contributed by atoms with Crippen molar-refractivity contribution in [1.29, 1.82) is 0 Å². The first kappa shape index (κ1) is 25.9. The second-order valence-electron chi connectivity index (χ2n) is 6.22. The maximum Gasteiger partial charge on any atom is 0.325 e. The highest BCUT2D eigenvalue weighted by atomic mass is 32.2. The minimum Gasteiger partial charge on any atom is -0.494 e. The highest BCUT2D eigenvalue weighted by Gasteiger charge is 2.33. The van der Waals surface area contributed by atoms with Crippen LogP contribution >= 0.6 is 0 Å². The van der Waals surface area contributed by atoms with E-state index in [1.807, 2.05) is 30.3 Å². The molecule has 0 aliphatic carbocycles. The summed E-state index contributed by atoms with van der Waals surface area (Å²) in [5, 5.41) is 13.9. The van der Waals surface area contributed by atoms with Gasteiger partial charge in [0.05, 0.1) is 13.0 Å². The zero-order valence-corrected chi connectivity index (χ0v) is 16.9. The van der Waals surface area contributed by atoms with Gasteiger partial charge in [-0.05, 0) is 18.6 Å². The van der Waals surface area contributed by atoms with E-state index in [-0.39, 0.29) is 0 Å². The first-order valence-electron chi connectivity index (χ1n) is 9.27. The van der Waals surface area contributed by atoms with Crippen molar-refractivity contribution in [2.45, 2.75) is 63.5 Å². The van der Waals surface area contributed by atoms with Gasteiger partial charge in [0.1, 0.15) is 5.75 Å². The molecule has 3 N–H and O–H groups in total. The number of aliphatic carboxylic acids is 2. The Balaban J connectivity index is 0.000000546. The van der Waals surface area contributed by atoms with Crippen molar-refractivity contribution in [2.24, 2.45) is 0 Å². The van der Waals surface area contributed by atoms with E-state index in [0.717, 1.165) is 12.4 Å². The number of benzene rings is 1. The number of para-hydroxylation sites is 1. The third-order valence-corrected chi connectivity index (χ3v) is 4.84. The predicted molar refractivity (Wildman–Crippen MR) is 105 cm³/mol. The van der Waals surface area contributed by atoms with E-state index in [1.54, 1.807) is 0 Å². The molecule has 0 aliphatic heterocycles. The molecule has 160 valence electrons. The molecule has 1 rings (SSSR count). The summed E-state index contributed by atoms with van der Waals surface area (Å²) in [5.41, 5.74) is 0. The molecule has 1 unspecified atom stereocenters. The number of carboxylic acids is 2. The molecular weight excluding hydrogens is 388 g/mol. The van der Waals surface area contributed by atoms with Crippen LogP contribution in [-0.4, -0.2) is 47.0 Å². The van der Waals surface area contributed by atoms with E-state index in [2.05, 4.69) is 6.92 Å². The van der Waals surface area contributed by atoms with Crippen LogP contribution in [0.3, 0.4) is 0 Å². The summed E-state index contributed by atoms with van der Waals surface area (Å²) in [6.07, 6.45) is 8.19. The molecule has 9 heteroatoms. The standard InChI is InChI=1S/C15H24O.C4H6O7S/c1-2-3-4-5-6-7-11-14-16-15-12-9-8-10-13-15;5-3(6)1-2(4(7)8)12(9,10)11/h8-10,12-13H,2-7,11,14H2,1H3;2H,1H2,(H,5,6)(H,7,8)(H,9,10,11). The fourth-order valence-electron chi connectivity index (χ4n) is 2.24. The summed E-state index contributed by atoms with van der Waals surface area (Å²) in [6, 6.07) is 10.1. The van der Waals surface area contributed by atoms with Gasteiger partial charge in [0.15, 0.2) is 5.25 Å². The minimum atomic E-state index is -4.84. The number of ether oxygens (including phenoxy) is 1. The molecule has 1 atom stereocenters. The lowest BCUT2D eigenvalue weighted by atomic mass is 10.1. The number of hydrogen-bond donors (Lipinski definition) is 3. The van der Waals surface area contributed by atoms with Gasteiger partial charge >= 0.3 is 11.9 Å². The molecule has 0 aromatic heterocycles. The van der Waals surface area contributed by atoms with Crippen molar-refractivity contribution in [3.63, 3.8) is 0 Å². The Bertz CT molecular complexity index is 658. The molecule has 1 aromatic carbocycles. The SMILES string of the molecule is CCCCCCCCCOc1ccccc1.O=C(O)CC(C(=O)O)S(=O)(=O)O. The van der Waals surface area contributed by atoms with Crippen LogP contribution in [0.2, 0.25) is 0 Å². The van der Waals surface area contributed by atoms with Crippen LogP contribution in [-0.2, 0) is 19.7 Å². The maximum atomic E-state index is 10.2. The van der Waals surface area contributed by atoms with Crippen molar-refractivity contribution < 1.29 is 37.5 Å². The molecular formula is C19H30O8S. The van der Waals surface area contributed by atoms with Crippen molar-refractivity contribution in [3.05, 3.63) is 30.3 Å². The Morgan fingerprint density at radius 3 is 1.93 bits per heavy atom. The first-order chi connectivity index (χ1) is 13.2. The fourth-order valence-corrected chi connectivity index (χ4v) is 2.85. The van der Waals surface area contributed by atoms with Crippen molar-refractivity contribution in [2.75, 3.05) is 6.61 Å². The second-order valence-corrected chi connectivity index (χ2v) is 7.82. The molecule has 0 fully saturated rings. The van der Waals surface area contributed by atoms with E-state index in [0.29, 0.717) is 0 Å². The van der Waals surface area contributed by atoms with Crippen LogP contribution in [0.25, 0.3) is 0 Å². The normalized spacial score (nSPS) is 11.8. The summed E-state index contributed by atoms with van der Waals surface area (Å²) in [5.74, 6) is -2.51. The van der Waals surface area contributed by atoms with Crippen molar-refractivity contribution in [1.82, 2.24) is 0 Å². The largest absolute Gasteiger partial charge is 0.494 e. The predicted octanol–water partition coefficient (Wildman–Crippen LogP) is 3.62. The van der Waals surface area contributed by atoms with E-state index in [9.17, 15) is 18.0 Å². The first-order valence-corrected chi connectivity index (χ1v) is 10.8. The Morgan fingerprint density at radius 2 is 1.50 bits per heavy atom. The maximum absolute atomic E-state index is 10.2. The highest BCUT2D eigenvalue weighted by molar-refractivity contribution is 7.87. The molecule has 0 aliphatic rings. The molecule has 0 amide bonds. The molecule has 0 saturated heterocycles. The third kappa shape index (κ3) is 14.0. The summed E-state index contributed by atoms with van der Waals surface area (Å²) in [6.45, 7) is 3.12. The second kappa shape index (κ2) is 14.9. The van der Waals surface area contributed by atoms with E-state index in [1.165, 1.54) is 44.9 Å². The smallest absolute Gasteiger partial charge is 0.325 e. The van der Waals surface area contributed by atoms with Gasteiger partial charge in [0.2, 0.25) is 0 Å². The van der Waals surface area contributed by atoms with Gasteiger partial charge in [-0.3, -0.25) is 14.1 Å². The van der Waals surface area contributed by atoms with Crippen LogP contribution in [0, 0.1) is 0 Å². The lowest BCUT2D eigenvalue weighted by Gasteiger charge is -2.05. The number of carbonyl (C=O) groups is 2. The van der Waals surface area contributed by atoms with E-state index < -0.39 is 33.7 Å². The van der Waals surface area contributed by atoms with Gasteiger partial charge in [-0.25, -0.2) is 0 Å². The molecule has 0 saturated carbocycles. The van der Waals surface area contributed by atoms with Crippen molar-refractivity contribution in [3.8, 4) is 5.75 Å². The quantitative estimate of drug-likeness (QED) is 0.326. The zero-order valence-electron chi connectivity index (χ0n) is 16.1. The molecule has 28 heavy (non-hydrogen) atoms. The summed E-state index contributed by atoms with van der Waals surface area (Å²) < 4.78 is 34.3. The Hall–Kier alpha value is -2.13. The number of hydrogen-bond acceptors (Lipinski definition) is 5. The molecule has 0 radical (unpaired) electrons. The molecule has 0 heterocycles. The number of unbranched alkanes of at least 4 members (excludes halogenated alkanes) is 6. The molecule has 8 nitrogen and oxygen atoms in total. The van der Waals surface area contributed by atoms with E-state index >= 15 is 0 Å². The van der Waals surface area contributed by atoms with Crippen LogP contribution in [0.1, 0.15) is 58.3 Å². The Labute approximate surface area is 166 Å². The third-order valence-electron chi connectivity index (χ3n) is 3.75. The summed E-state index contributed by atoms with van der Waals surface area (Å²) in [4.78, 5) is 20.0. The van der Waals surface area contributed by atoms with Crippen molar-refractivity contribution >= 4 is 22.1 Å². The van der Waals surface area contributed by atoms with Gasteiger partial charge in [-0.2, -0.15) is 8.42 Å². The zero-order chi connectivity index (χ0) is 21.4. The molecule has 0 bridgehead atoms. The van der Waals surface area contributed by atoms with Crippen LogP contribution in [0.15, 0.2) is 30.3 Å². The highest BCUT2D eigenvalue weighted by Crippen LogP contribution is 2.10. The Kier molecular flexibility index (Phi) is 13.7. The minimum absolute atomic E-state index is 0.859. The van der Waals surface area contributed by atoms with Crippen LogP contribution in [0.4, 0.5) is 0 Å². The lowest BCUT2D eigenvalue weighted by Crippen LogP contribution is -2.31. The fraction of sp³-hybridized carbons (Fsp3) is 0.579. The molecule has 1 aromatic rings. The summed E-state index contributed by atoms with van der Waals surface area (Å²) >= 11 is 0. The van der Waals surface area contributed by atoms with Gasteiger partial charge in [0.25, 0.3) is 10.1 Å². The number of carboxylic acid groups (broad SMARTS) is 2. The van der Waals surface area contributed by atoms with Crippen LogP contribution < -0.4 is 4.74 Å². The topological polar surface area (TPSA) is 138 Å². The number of rotatable bonds is 13. The average Bonchev–Trinajstić information content (AvgIpc) is 2.62. The monoisotopic (exact) mass is 418 g/mol. The van der Waals surface area contributed by atoms with E-state index in [4.69, 9.17) is 19.5 Å². The van der Waals surface area contributed by atoms with Gasteiger partial charge in [-0.15, -0.1) is 0 Å². The van der Waals surface area contributed by atoms with Gasteiger partial charge < -0.3 is 14.9 Å². The average molecular weight is 419 g/mol. The molecule has 0 spiro atoms. The summed E-state index contributed by atoms with van der Waals surface area (Å²) in [7, 11) is -4.84. The lowest BCUT2D eigenvalue weighted by molar-refractivity contribution is -0.143. The van der Waals surface area contributed by atoms with Gasteiger partial charge in [0, 0.05) is 0 Å². The van der Waals surface area contributed by atoms with Gasteiger partial charge in [-0.1, -0.05) is 63.6 Å². The van der Waals surface area contributed by atoms with Crippen LogP contribution in [0.5, 0.6) is 5.75 Å². The Morgan fingerprint density at radius 1 is 0.964 bits per heavy atom.